The summed E-state index contributed by atoms with van der Waals surface area (Å²) in [4.78, 5) is 2.41. The first-order valence-electron chi connectivity index (χ1n) is 6.03. The Labute approximate surface area is 98.7 Å². The average Bonchev–Trinajstić information content (AvgIpc) is 2.59. The van der Waals surface area contributed by atoms with Crippen LogP contribution in [0.4, 0.5) is 5.69 Å². The fourth-order valence-electron chi connectivity index (χ4n) is 2.56. The van der Waals surface area contributed by atoms with Gasteiger partial charge in [0.2, 0.25) is 0 Å². The lowest BCUT2D eigenvalue weighted by molar-refractivity contribution is 0.454. The lowest BCUT2D eigenvalue weighted by Gasteiger charge is -2.28. The Bertz CT molecular complexity index is 371. The highest BCUT2D eigenvalue weighted by Gasteiger charge is 2.32. The third-order valence-corrected chi connectivity index (χ3v) is 3.61. The van der Waals surface area contributed by atoms with Crippen LogP contribution in [-0.4, -0.2) is 25.2 Å². The van der Waals surface area contributed by atoms with Crippen molar-refractivity contribution >= 4 is 5.69 Å². The number of anilines is 1. The number of nitrogens with zero attached hydrogens (tertiary/aromatic N) is 1. The summed E-state index contributed by atoms with van der Waals surface area (Å²) >= 11 is 0. The van der Waals surface area contributed by atoms with Gasteiger partial charge in [-0.3, -0.25) is 0 Å². The normalized spacial score (nSPS) is 23.4. The standard InChI is InChI=1S/C14H22N2/c1-11-7-5-6-8-13(11)16(4)12-9-14(2,3)15-10-12/h5-8,12,15H,9-10H2,1-4H3. The van der Waals surface area contributed by atoms with E-state index in [2.05, 4.69) is 62.3 Å². The summed E-state index contributed by atoms with van der Waals surface area (Å²) < 4.78 is 0. The van der Waals surface area contributed by atoms with Crippen LogP contribution in [0.2, 0.25) is 0 Å². The van der Waals surface area contributed by atoms with Gasteiger partial charge >= 0.3 is 0 Å². The van der Waals surface area contributed by atoms with Crippen LogP contribution in [0.3, 0.4) is 0 Å². The summed E-state index contributed by atoms with van der Waals surface area (Å²) in [5, 5.41) is 3.57. The van der Waals surface area contributed by atoms with Gasteiger partial charge in [-0.1, -0.05) is 18.2 Å². The van der Waals surface area contributed by atoms with Crippen LogP contribution in [0.1, 0.15) is 25.8 Å². The van der Waals surface area contributed by atoms with Crippen LogP contribution in [0.15, 0.2) is 24.3 Å². The first-order valence-corrected chi connectivity index (χ1v) is 6.03. The Hall–Kier alpha value is -1.02. The van der Waals surface area contributed by atoms with Crippen molar-refractivity contribution in [3.05, 3.63) is 29.8 Å². The number of nitrogens with one attached hydrogen (secondary N) is 1. The highest BCUT2D eigenvalue weighted by molar-refractivity contribution is 5.53. The summed E-state index contributed by atoms with van der Waals surface area (Å²) in [5.74, 6) is 0. The van der Waals surface area contributed by atoms with Crippen LogP contribution in [0.25, 0.3) is 0 Å². The highest BCUT2D eigenvalue weighted by Crippen LogP contribution is 2.27. The van der Waals surface area contributed by atoms with E-state index in [1.54, 1.807) is 0 Å². The molecule has 1 aromatic rings. The first-order chi connectivity index (χ1) is 7.49. The van der Waals surface area contributed by atoms with Crippen molar-refractivity contribution < 1.29 is 0 Å². The van der Waals surface area contributed by atoms with Crippen molar-refractivity contribution in [3.63, 3.8) is 0 Å². The molecule has 0 spiro atoms. The molecule has 0 amide bonds. The van der Waals surface area contributed by atoms with Gasteiger partial charge in [0.05, 0.1) is 0 Å². The second-order valence-corrected chi connectivity index (χ2v) is 5.52. The molecule has 0 saturated carbocycles. The molecule has 1 aliphatic rings. The lowest BCUT2D eigenvalue weighted by Crippen LogP contribution is -2.33. The van der Waals surface area contributed by atoms with Crippen LogP contribution in [-0.2, 0) is 0 Å². The SMILES string of the molecule is Cc1ccccc1N(C)C1CNC(C)(C)C1. The predicted octanol–water partition coefficient (Wildman–Crippen LogP) is 2.57. The van der Waals surface area contributed by atoms with Gasteiger partial charge in [-0.05, 0) is 38.8 Å². The zero-order valence-corrected chi connectivity index (χ0v) is 10.7. The van der Waals surface area contributed by atoms with Gasteiger partial charge in [0.1, 0.15) is 0 Å². The van der Waals surface area contributed by atoms with Gasteiger partial charge in [0, 0.05) is 30.9 Å². The number of hydrogen-bond donors (Lipinski definition) is 1. The third-order valence-electron chi connectivity index (χ3n) is 3.61. The number of para-hydroxylation sites is 1. The Kier molecular flexibility index (Phi) is 2.94. The topological polar surface area (TPSA) is 15.3 Å². The molecule has 1 atom stereocenters. The summed E-state index contributed by atoms with van der Waals surface area (Å²) in [6.07, 6.45) is 1.21. The molecule has 1 heterocycles. The summed E-state index contributed by atoms with van der Waals surface area (Å²) in [6, 6.07) is 9.21. The maximum atomic E-state index is 3.57. The molecular formula is C14H22N2. The molecule has 0 radical (unpaired) electrons. The van der Waals surface area contributed by atoms with E-state index in [9.17, 15) is 0 Å². The van der Waals surface area contributed by atoms with Crippen LogP contribution in [0, 0.1) is 6.92 Å². The Morgan fingerprint density at radius 3 is 2.56 bits per heavy atom. The fourth-order valence-corrected chi connectivity index (χ4v) is 2.56. The molecule has 16 heavy (non-hydrogen) atoms. The molecule has 0 aliphatic carbocycles. The van der Waals surface area contributed by atoms with Crippen molar-refractivity contribution in [2.75, 3.05) is 18.5 Å². The van der Waals surface area contributed by atoms with Gasteiger partial charge in [-0.15, -0.1) is 0 Å². The second kappa shape index (κ2) is 4.10. The molecule has 0 bridgehead atoms. The van der Waals surface area contributed by atoms with Gasteiger partial charge in [-0.2, -0.15) is 0 Å². The maximum absolute atomic E-state index is 3.57. The highest BCUT2D eigenvalue weighted by atomic mass is 15.2. The van der Waals surface area contributed by atoms with E-state index >= 15 is 0 Å². The van der Waals surface area contributed by atoms with Gasteiger partial charge in [0.15, 0.2) is 0 Å². The van der Waals surface area contributed by atoms with Crippen molar-refractivity contribution in [1.29, 1.82) is 0 Å². The minimum absolute atomic E-state index is 0.279. The molecule has 0 aromatic heterocycles. The van der Waals surface area contributed by atoms with E-state index in [0.29, 0.717) is 6.04 Å². The lowest BCUT2D eigenvalue weighted by atomic mass is 10.0. The number of hydrogen-bond acceptors (Lipinski definition) is 2. The molecule has 1 unspecified atom stereocenters. The Morgan fingerprint density at radius 1 is 1.31 bits per heavy atom. The molecule has 2 rings (SSSR count). The molecule has 1 aliphatic heterocycles. The largest absolute Gasteiger partial charge is 0.370 e. The summed E-state index contributed by atoms with van der Waals surface area (Å²) in [5.41, 5.74) is 2.99. The van der Waals surface area contributed by atoms with Gasteiger partial charge < -0.3 is 10.2 Å². The zero-order chi connectivity index (χ0) is 11.8. The average molecular weight is 218 g/mol. The third kappa shape index (κ3) is 2.22. The quantitative estimate of drug-likeness (QED) is 0.820. The molecule has 1 aromatic carbocycles. The monoisotopic (exact) mass is 218 g/mol. The number of benzene rings is 1. The predicted molar refractivity (Wildman–Crippen MR) is 70.1 cm³/mol. The van der Waals surface area contributed by atoms with Gasteiger partial charge in [0.25, 0.3) is 0 Å². The maximum Gasteiger partial charge on any atom is 0.0428 e. The van der Waals surface area contributed by atoms with Crippen molar-refractivity contribution in [1.82, 2.24) is 5.32 Å². The fraction of sp³-hybridized carbons (Fsp3) is 0.571. The minimum Gasteiger partial charge on any atom is -0.370 e. The Morgan fingerprint density at radius 2 is 2.00 bits per heavy atom. The van der Waals surface area contributed by atoms with E-state index in [1.165, 1.54) is 17.7 Å². The van der Waals surface area contributed by atoms with Crippen molar-refractivity contribution in [2.45, 2.75) is 38.8 Å². The zero-order valence-electron chi connectivity index (χ0n) is 10.7. The molecule has 1 N–H and O–H groups in total. The van der Waals surface area contributed by atoms with Crippen LogP contribution < -0.4 is 10.2 Å². The summed E-state index contributed by atoms with van der Waals surface area (Å²) in [7, 11) is 2.20. The van der Waals surface area contributed by atoms with E-state index in [4.69, 9.17) is 0 Å². The molecule has 2 heteroatoms. The molecule has 88 valence electrons. The molecule has 1 saturated heterocycles. The smallest absolute Gasteiger partial charge is 0.0428 e. The van der Waals surface area contributed by atoms with Crippen LogP contribution >= 0.6 is 0 Å². The Balaban J connectivity index is 2.15. The molecule has 1 fully saturated rings. The van der Waals surface area contributed by atoms with E-state index in [1.807, 2.05) is 0 Å². The molecular weight excluding hydrogens is 196 g/mol. The van der Waals surface area contributed by atoms with Gasteiger partial charge in [-0.25, -0.2) is 0 Å². The first kappa shape index (κ1) is 11.5. The van der Waals surface area contributed by atoms with E-state index in [-0.39, 0.29) is 5.54 Å². The second-order valence-electron chi connectivity index (χ2n) is 5.52. The molecule has 2 nitrogen and oxygen atoms in total. The number of likely N-dealkylation sites (N-methyl/N-ethyl adjacent to an activating group) is 1. The van der Waals surface area contributed by atoms with Crippen molar-refractivity contribution in [2.24, 2.45) is 0 Å². The minimum atomic E-state index is 0.279. The summed E-state index contributed by atoms with van der Waals surface area (Å²) in [6.45, 7) is 7.81. The number of rotatable bonds is 2. The van der Waals surface area contributed by atoms with E-state index in [0.717, 1.165) is 6.54 Å². The van der Waals surface area contributed by atoms with E-state index < -0.39 is 0 Å². The van der Waals surface area contributed by atoms with Crippen LogP contribution in [0.5, 0.6) is 0 Å². The number of aryl methyl sites for hydroxylation is 1. The van der Waals surface area contributed by atoms with Crippen molar-refractivity contribution in [3.8, 4) is 0 Å².